The molecule has 8 heteroatoms. The van der Waals surface area contributed by atoms with Gasteiger partial charge in [0.05, 0.1) is 0 Å². The SMILES string of the molecule is Cl.Cl.Fc1cc(F)c(F)c([C@H](C2CCOCC2)N2CCNCC2)c1. The van der Waals surface area contributed by atoms with Crippen molar-refractivity contribution in [3.8, 4) is 0 Å². The van der Waals surface area contributed by atoms with Crippen LogP contribution in [0.1, 0.15) is 24.4 Å². The van der Waals surface area contributed by atoms with Crippen LogP contribution in [-0.4, -0.2) is 44.3 Å². The number of piperazine rings is 1. The highest BCUT2D eigenvalue weighted by Crippen LogP contribution is 2.37. The maximum absolute atomic E-state index is 14.3. The van der Waals surface area contributed by atoms with Crippen molar-refractivity contribution in [2.24, 2.45) is 5.92 Å². The summed E-state index contributed by atoms with van der Waals surface area (Å²) >= 11 is 0. The van der Waals surface area contributed by atoms with Gasteiger partial charge in [0.2, 0.25) is 0 Å². The summed E-state index contributed by atoms with van der Waals surface area (Å²) < 4.78 is 47.0. The van der Waals surface area contributed by atoms with E-state index in [1.807, 2.05) is 0 Å². The summed E-state index contributed by atoms with van der Waals surface area (Å²) in [6, 6.07) is 1.47. The Kier molecular flexibility index (Phi) is 8.81. The topological polar surface area (TPSA) is 24.5 Å². The molecular formula is C16H23Cl2F3N2O. The van der Waals surface area contributed by atoms with Gasteiger partial charge in [-0.2, -0.15) is 0 Å². The number of hydrogen-bond acceptors (Lipinski definition) is 3. The Hall–Kier alpha value is -0.530. The van der Waals surface area contributed by atoms with E-state index in [4.69, 9.17) is 4.74 Å². The van der Waals surface area contributed by atoms with Gasteiger partial charge in [-0.25, -0.2) is 13.2 Å². The van der Waals surface area contributed by atoms with E-state index >= 15 is 0 Å². The van der Waals surface area contributed by atoms with Crippen LogP contribution in [0.3, 0.4) is 0 Å². The van der Waals surface area contributed by atoms with E-state index in [1.165, 1.54) is 0 Å². The second-order valence-corrected chi connectivity index (χ2v) is 5.97. The van der Waals surface area contributed by atoms with E-state index < -0.39 is 17.5 Å². The predicted octanol–water partition coefficient (Wildman–Crippen LogP) is 3.32. The van der Waals surface area contributed by atoms with Crippen molar-refractivity contribution in [2.75, 3.05) is 39.4 Å². The summed E-state index contributed by atoms with van der Waals surface area (Å²) in [4.78, 5) is 2.14. The van der Waals surface area contributed by atoms with Gasteiger partial charge in [-0.3, -0.25) is 4.90 Å². The van der Waals surface area contributed by atoms with Crippen molar-refractivity contribution < 1.29 is 17.9 Å². The Morgan fingerprint density at radius 2 is 1.67 bits per heavy atom. The fourth-order valence-electron chi connectivity index (χ4n) is 3.53. The number of halogens is 5. The van der Waals surface area contributed by atoms with Crippen LogP contribution in [0.4, 0.5) is 13.2 Å². The lowest BCUT2D eigenvalue weighted by molar-refractivity contribution is 0.0200. The third-order valence-electron chi connectivity index (χ3n) is 4.60. The Morgan fingerprint density at radius 1 is 1.04 bits per heavy atom. The van der Waals surface area contributed by atoms with Gasteiger partial charge in [0, 0.05) is 57.1 Å². The summed E-state index contributed by atoms with van der Waals surface area (Å²) in [5.74, 6) is -2.60. The van der Waals surface area contributed by atoms with Crippen molar-refractivity contribution in [2.45, 2.75) is 18.9 Å². The molecule has 24 heavy (non-hydrogen) atoms. The molecule has 0 aromatic heterocycles. The van der Waals surface area contributed by atoms with Gasteiger partial charge in [0.15, 0.2) is 11.6 Å². The minimum absolute atomic E-state index is 0. The van der Waals surface area contributed by atoms with E-state index in [1.54, 1.807) is 0 Å². The molecule has 0 saturated carbocycles. The lowest BCUT2D eigenvalue weighted by Gasteiger charge is -2.41. The van der Waals surface area contributed by atoms with Crippen LogP contribution in [0.25, 0.3) is 0 Å². The molecule has 1 aromatic carbocycles. The minimum atomic E-state index is -1.11. The van der Waals surface area contributed by atoms with E-state index in [2.05, 4.69) is 10.2 Å². The van der Waals surface area contributed by atoms with Crippen molar-refractivity contribution in [3.63, 3.8) is 0 Å². The van der Waals surface area contributed by atoms with Gasteiger partial charge in [-0.1, -0.05) is 0 Å². The fourth-order valence-corrected chi connectivity index (χ4v) is 3.53. The highest BCUT2D eigenvalue weighted by Gasteiger charge is 2.34. The quantitative estimate of drug-likeness (QED) is 0.806. The molecule has 2 saturated heterocycles. The molecule has 138 valence electrons. The largest absolute Gasteiger partial charge is 0.381 e. The van der Waals surface area contributed by atoms with Gasteiger partial charge in [-0.05, 0) is 24.8 Å². The van der Waals surface area contributed by atoms with Gasteiger partial charge >= 0.3 is 0 Å². The van der Waals surface area contributed by atoms with Crippen molar-refractivity contribution >= 4 is 24.8 Å². The molecule has 2 heterocycles. The average molecular weight is 387 g/mol. The molecule has 0 aliphatic carbocycles. The van der Waals surface area contributed by atoms with Crippen molar-refractivity contribution in [3.05, 3.63) is 35.1 Å². The number of ether oxygens (including phenoxy) is 1. The number of hydrogen-bond donors (Lipinski definition) is 1. The first-order valence-electron chi connectivity index (χ1n) is 7.84. The first kappa shape index (κ1) is 21.5. The first-order valence-corrected chi connectivity index (χ1v) is 7.84. The maximum Gasteiger partial charge on any atom is 0.163 e. The van der Waals surface area contributed by atoms with Gasteiger partial charge in [0.25, 0.3) is 0 Å². The fraction of sp³-hybridized carbons (Fsp3) is 0.625. The molecule has 2 aliphatic rings. The van der Waals surface area contributed by atoms with Gasteiger partial charge < -0.3 is 10.1 Å². The third-order valence-corrected chi connectivity index (χ3v) is 4.60. The van der Waals surface area contributed by atoms with Crippen molar-refractivity contribution in [1.82, 2.24) is 10.2 Å². The summed E-state index contributed by atoms with van der Waals surface area (Å²) in [6.07, 6.45) is 1.57. The molecule has 0 spiro atoms. The zero-order chi connectivity index (χ0) is 15.5. The highest BCUT2D eigenvalue weighted by atomic mass is 35.5. The molecule has 1 aromatic rings. The molecule has 2 fully saturated rings. The molecule has 0 bridgehead atoms. The zero-order valence-electron chi connectivity index (χ0n) is 13.3. The monoisotopic (exact) mass is 386 g/mol. The maximum atomic E-state index is 14.3. The van der Waals surface area contributed by atoms with Crippen LogP contribution in [0.15, 0.2) is 12.1 Å². The summed E-state index contributed by atoms with van der Waals surface area (Å²) in [5, 5.41) is 3.25. The minimum Gasteiger partial charge on any atom is -0.381 e. The number of benzene rings is 1. The van der Waals surface area contributed by atoms with E-state index in [9.17, 15) is 13.2 Å². The normalized spacial score (nSPS) is 20.8. The van der Waals surface area contributed by atoms with Crippen LogP contribution in [0.2, 0.25) is 0 Å². The lowest BCUT2D eigenvalue weighted by Crippen LogP contribution is -2.47. The smallest absolute Gasteiger partial charge is 0.163 e. The Balaban J connectivity index is 0.00000144. The van der Waals surface area contributed by atoms with Crippen molar-refractivity contribution in [1.29, 1.82) is 0 Å². The summed E-state index contributed by atoms with van der Waals surface area (Å²) in [5.41, 5.74) is 0.145. The second-order valence-electron chi connectivity index (χ2n) is 5.97. The zero-order valence-corrected chi connectivity index (χ0v) is 14.9. The number of nitrogens with zero attached hydrogens (tertiary/aromatic N) is 1. The first-order chi connectivity index (χ1) is 10.7. The molecule has 0 amide bonds. The predicted molar refractivity (Wildman–Crippen MR) is 91.5 cm³/mol. The van der Waals surface area contributed by atoms with E-state index in [-0.39, 0.29) is 42.3 Å². The summed E-state index contributed by atoms with van der Waals surface area (Å²) in [7, 11) is 0. The Labute approximate surface area is 152 Å². The molecular weight excluding hydrogens is 364 g/mol. The Morgan fingerprint density at radius 3 is 2.29 bits per heavy atom. The molecule has 3 rings (SSSR count). The standard InChI is InChI=1S/C16H21F3N2O.2ClH/c17-12-9-13(15(19)14(18)10-12)16(11-1-7-22-8-2-11)21-5-3-20-4-6-21;;/h9-11,16,20H,1-8H2;2*1H/t16-;;/m0../s1. The average Bonchev–Trinajstić information content (AvgIpc) is 2.54. The Bertz CT molecular complexity index is 506. The van der Waals surface area contributed by atoms with E-state index in [0.717, 1.165) is 45.1 Å². The van der Waals surface area contributed by atoms with Crippen LogP contribution in [0.5, 0.6) is 0 Å². The third kappa shape index (κ3) is 4.76. The van der Waals surface area contributed by atoms with Crippen LogP contribution < -0.4 is 5.32 Å². The van der Waals surface area contributed by atoms with Crippen LogP contribution in [0, 0.1) is 23.4 Å². The summed E-state index contributed by atoms with van der Waals surface area (Å²) in [6.45, 7) is 4.34. The van der Waals surface area contributed by atoms with Crippen LogP contribution in [-0.2, 0) is 4.74 Å². The number of nitrogens with one attached hydrogen (secondary N) is 1. The number of rotatable bonds is 3. The molecule has 0 unspecified atom stereocenters. The molecule has 0 radical (unpaired) electrons. The highest BCUT2D eigenvalue weighted by molar-refractivity contribution is 5.85. The molecule has 1 N–H and O–H groups in total. The molecule has 1 atom stereocenters. The molecule has 2 aliphatic heterocycles. The van der Waals surface area contributed by atoms with E-state index in [0.29, 0.717) is 19.3 Å². The second kappa shape index (κ2) is 9.82. The lowest BCUT2D eigenvalue weighted by atomic mass is 9.85. The van der Waals surface area contributed by atoms with Gasteiger partial charge in [0.1, 0.15) is 5.82 Å². The van der Waals surface area contributed by atoms with Gasteiger partial charge in [-0.15, -0.1) is 24.8 Å². The molecule has 3 nitrogen and oxygen atoms in total. The van der Waals surface area contributed by atoms with Crippen LogP contribution >= 0.6 is 24.8 Å².